The molecule has 2 atom stereocenters. The van der Waals surface area contributed by atoms with Crippen molar-refractivity contribution in [3.8, 4) is 16.9 Å². The molecular formula is C42H42O6P4. The van der Waals surface area contributed by atoms with Crippen molar-refractivity contribution < 1.29 is 27.1 Å². The fourth-order valence-corrected chi connectivity index (χ4v) is 24.1. The van der Waals surface area contributed by atoms with Crippen molar-refractivity contribution in [1.29, 1.82) is 0 Å². The van der Waals surface area contributed by atoms with E-state index in [2.05, 4.69) is 0 Å². The van der Waals surface area contributed by atoms with E-state index in [1.165, 1.54) is 6.66 Å². The van der Waals surface area contributed by atoms with Gasteiger partial charge in [0, 0.05) is 22.8 Å². The van der Waals surface area contributed by atoms with Crippen molar-refractivity contribution in [2.24, 2.45) is 0 Å². The Morgan fingerprint density at radius 1 is 0.500 bits per heavy atom. The Morgan fingerprint density at radius 2 is 0.885 bits per heavy atom. The molecule has 6 aromatic carbocycles. The van der Waals surface area contributed by atoms with Crippen LogP contribution < -0.4 is 15.1 Å². The maximum absolute atomic E-state index is 17.0. The molecule has 6 rings (SSSR count). The summed E-state index contributed by atoms with van der Waals surface area (Å²) < 4.78 is 78.2. The molecule has 0 heterocycles. The highest BCUT2D eigenvalue weighted by atomic mass is 32.1. The molecule has 0 aliphatic rings. The van der Waals surface area contributed by atoms with Crippen LogP contribution in [0.2, 0.25) is 0 Å². The average molecular weight is 767 g/mol. The molecule has 2 unspecified atom stereocenters. The molecule has 10 heteroatoms. The maximum atomic E-state index is 17.0. The van der Waals surface area contributed by atoms with E-state index in [1.807, 2.05) is 54.6 Å². The van der Waals surface area contributed by atoms with Crippen molar-refractivity contribution in [2.45, 2.75) is 18.7 Å². The lowest BCUT2D eigenvalue weighted by Gasteiger charge is -2.45. The van der Waals surface area contributed by atoms with E-state index in [9.17, 15) is 0 Å². The minimum Gasteiger partial charge on any atom is -0.422 e. The molecule has 0 aliphatic carbocycles. The second kappa shape index (κ2) is 15.5. The van der Waals surface area contributed by atoms with Crippen LogP contribution in [-0.2, 0) is 27.5 Å². The fraction of sp³-hybridized carbons (Fsp3) is 0.143. The highest BCUT2D eigenvalue weighted by molar-refractivity contribution is 8.40. The summed E-state index contributed by atoms with van der Waals surface area (Å²) in [6.45, 7) is 0.652. The van der Waals surface area contributed by atoms with Crippen LogP contribution in [-0.4, -0.2) is 19.0 Å². The third-order valence-electron chi connectivity index (χ3n) is 9.53. The quantitative estimate of drug-likeness (QED) is 0.103. The zero-order valence-electron chi connectivity index (χ0n) is 29.4. The molecule has 0 aliphatic heterocycles. The van der Waals surface area contributed by atoms with Gasteiger partial charge in [-0.3, -0.25) is 4.57 Å². The third kappa shape index (κ3) is 6.58. The molecule has 0 bridgehead atoms. The van der Waals surface area contributed by atoms with Gasteiger partial charge in [0.25, 0.3) is 7.06 Å². The van der Waals surface area contributed by atoms with Crippen molar-refractivity contribution in [3.63, 3.8) is 0 Å². The van der Waals surface area contributed by atoms with Crippen LogP contribution in [0.25, 0.3) is 11.1 Å². The lowest BCUT2D eigenvalue weighted by molar-refractivity contribution is 0.372. The summed E-state index contributed by atoms with van der Waals surface area (Å²) in [4.78, 5) is -1.97. The summed E-state index contributed by atoms with van der Waals surface area (Å²) in [6, 6.07) is 51.5. The van der Waals surface area contributed by atoms with E-state index in [4.69, 9.17) is 8.83 Å². The molecule has 0 saturated carbocycles. The average Bonchev–Trinajstić information content (AvgIpc) is 3.19. The van der Waals surface area contributed by atoms with E-state index in [0.717, 1.165) is 5.56 Å². The minimum atomic E-state index is -5.09. The van der Waals surface area contributed by atoms with Crippen molar-refractivity contribution in [2.75, 3.05) is 19.0 Å². The molecular weight excluding hydrogens is 724 g/mol. The van der Waals surface area contributed by atoms with Gasteiger partial charge in [-0.25, -0.2) is 8.88 Å². The summed E-state index contributed by atoms with van der Waals surface area (Å²) in [7, 11) is -13.4. The van der Waals surface area contributed by atoms with Gasteiger partial charge in [-0.05, 0) is 35.1 Å². The van der Waals surface area contributed by atoms with E-state index in [1.54, 1.807) is 135 Å². The highest BCUT2D eigenvalue weighted by Gasteiger charge is 2.67. The molecule has 0 aromatic heterocycles. The Hall–Kier alpha value is -4.00. The zero-order valence-corrected chi connectivity index (χ0v) is 33.0. The fourth-order valence-electron chi connectivity index (χ4n) is 6.95. The molecule has 6 nitrogen and oxygen atoms in total. The second-order valence-corrected chi connectivity index (χ2v) is 26.7. The monoisotopic (exact) mass is 766 g/mol. The Labute approximate surface area is 306 Å². The molecule has 6 aromatic rings. The first-order valence-electron chi connectivity index (χ1n) is 17.2. The van der Waals surface area contributed by atoms with Crippen LogP contribution in [0.15, 0.2) is 176 Å². The Kier molecular flexibility index (Phi) is 11.3. The van der Waals surface area contributed by atoms with Gasteiger partial charge in [-0.1, -0.05) is 184 Å². The first-order valence-corrected chi connectivity index (χ1v) is 25.3. The van der Waals surface area contributed by atoms with Gasteiger partial charge < -0.3 is 13.7 Å². The van der Waals surface area contributed by atoms with Gasteiger partial charge in [0.05, 0.1) is 0 Å². The van der Waals surface area contributed by atoms with Crippen LogP contribution in [0.3, 0.4) is 0 Å². The largest absolute Gasteiger partial charge is 0.422 e. The van der Waals surface area contributed by atoms with Crippen molar-refractivity contribution in [3.05, 3.63) is 187 Å². The first kappa shape index (κ1) is 37.7. The molecule has 0 N–H and O–H groups in total. The standard InChI is InChI=1S/C42H42O6P4/c1-4-50(44,5-2)42(36-25-13-7-14-26-36,37-27-15-8-16-28-37)52(46,47-41-34-22-21-33-40(41)35-23-11-6-12-24-35)48-49(3,43)51(45,38-29-17-9-18-30-38)39-31-19-10-20-32-39/h6-34H,4-5H2,1-3H3. The van der Waals surface area contributed by atoms with Crippen LogP contribution >= 0.6 is 28.6 Å². The number of hydrogen-bond acceptors (Lipinski definition) is 6. The molecule has 0 saturated heterocycles. The van der Waals surface area contributed by atoms with E-state index >= 15 is 18.3 Å². The Bertz CT molecular complexity index is 2210. The van der Waals surface area contributed by atoms with Crippen molar-refractivity contribution in [1.82, 2.24) is 0 Å². The summed E-state index contributed by atoms with van der Waals surface area (Å²) in [5.74, 6) is 0.182. The minimum absolute atomic E-state index is 0.118. The predicted molar refractivity (Wildman–Crippen MR) is 217 cm³/mol. The van der Waals surface area contributed by atoms with Gasteiger partial charge >= 0.3 is 7.60 Å². The van der Waals surface area contributed by atoms with Crippen LogP contribution in [0, 0.1) is 0 Å². The molecule has 266 valence electrons. The lowest BCUT2D eigenvalue weighted by Crippen LogP contribution is -2.33. The summed E-state index contributed by atoms with van der Waals surface area (Å²) in [5, 5.41) is 0.560. The Balaban J connectivity index is 1.74. The van der Waals surface area contributed by atoms with E-state index in [0.29, 0.717) is 16.7 Å². The molecule has 0 fully saturated rings. The molecule has 0 spiro atoms. The van der Waals surface area contributed by atoms with Gasteiger partial charge in [0.15, 0.2) is 4.90 Å². The summed E-state index contributed by atoms with van der Waals surface area (Å²) >= 11 is 0. The summed E-state index contributed by atoms with van der Waals surface area (Å²) in [5.41, 5.74) is 2.22. The van der Waals surface area contributed by atoms with E-state index < -0.39 is 33.5 Å². The normalized spacial score (nSPS) is 14.5. The van der Waals surface area contributed by atoms with Crippen LogP contribution in [0.5, 0.6) is 5.75 Å². The van der Waals surface area contributed by atoms with Gasteiger partial charge in [0.2, 0.25) is 6.83 Å². The predicted octanol–water partition coefficient (Wildman–Crippen LogP) is 12.1. The first-order chi connectivity index (χ1) is 25.1. The highest BCUT2D eigenvalue weighted by Crippen LogP contribution is 2.91. The second-order valence-electron chi connectivity index (χ2n) is 12.5. The third-order valence-corrected chi connectivity index (χ3v) is 27.1. The smallest absolute Gasteiger partial charge is 0.407 e. The topological polar surface area (TPSA) is 86.7 Å². The maximum Gasteiger partial charge on any atom is 0.407 e. The van der Waals surface area contributed by atoms with Crippen molar-refractivity contribution >= 4 is 39.2 Å². The number of benzene rings is 6. The van der Waals surface area contributed by atoms with Crippen LogP contribution in [0.1, 0.15) is 25.0 Å². The number of para-hydroxylation sites is 1. The number of hydrogen-bond donors (Lipinski definition) is 0. The molecule has 0 amide bonds. The molecule has 0 radical (unpaired) electrons. The van der Waals surface area contributed by atoms with Crippen LogP contribution in [0.4, 0.5) is 0 Å². The molecule has 52 heavy (non-hydrogen) atoms. The lowest BCUT2D eigenvalue weighted by atomic mass is 10.0. The SMILES string of the molecule is CCP(=O)(CC)C(c1ccccc1)(c1ccccc1)P(=O)(Oc1ccccc1-c1ccccc1)OP(C)(=O)P(=O)(c1ccccc1)c1ccccc1. The summed E-state index contributed by atoms with van der Waals surface area (Å²) in [6.07, 6.45) is 0.237. The van der Waals surface area contributed by atoms with E-state index in [-0.39, 0.29) is 28.7 Å². The van der Waals surface area contributed by atoms with Gasteiger partial charge in [-0.2, -0.15) is 0 Å². The van der Waals surface area contributed by atoms with Gasteiger partial charge in [0.1, 0.15) is 12.9 Å². The zero-order chi connectivity index (χ0) is 36.9. The van der Waals surface area contributed by atoms with Gasteiger partial charge in [-0.15, -0.1) is 0 Å². The number of rotatable bonds is 14. The Morgan fingerprint density at radius 3 is 1.33 bits per heavy atom.